The molecule has 1 aromatic heterocycles. The molecule has 0 aliphatic carbocycles. The Morgan fingerprint density at radius 1 is 0.483 bits per heavy atom. The van der Waals surface area contributed by atoms with Crippen LogP contribution in [0.15, 0.2) is 77.2 Å². The number of fused-ring (bicyclic) bond motifs is 3. The van der Waals surface area contributed by atoms with Gasteiger partial charge >= 0.3 is 0 Å². The first-order valence-corrected chi connectivity index (χ1v) is 10.1. The lowest BCUT2D eigenvalue weighted by Crippen LogP contribution is -1.85. The van der Waals surface area contributed by atoms with Crippen LogP contribution in [-0.2, 0) is 0 Å². The van der Waals surface area contributed by atoms with Crippen LogP contribution >= 0.6 is 0 Å². The van der Waals surface area contributed by atoms with Gasteiger partial charge in [-0.25, -0.2) is 0 Å². The van der Waals surface area contributed by atoms with E-state index < -0.39 is 0 Å². The van der Waals surface area contributed by atoms with Crippen molar-refractivity contribution in [1.82, 2.24) is 0 Å². The van der Waals surface area contributed by atoms with Gasteiger partial charge in [-0.2, -0.15) is 0 Å². The summed E-state index contributed by atoms with van der Waals surface area (Å²) in [6.07, 6.45) is 0. The molecule has 1 heterocycles. The summed E-state index contributed by atoms with van der Waals surface area (Å²) in [6, 6.07) is 26.4. The van der Waals surface area contributed by atoms with Gasteiger partial charge in [0.15, 0.2) is 0 Å². The van der Waals surface area contributed by atoms with E-state index in [1.54, 1.807) is 0 Å². The molecule has 0 saturated heterocycles. The summed E-state index contributed by atoms with van der Waals surface area (Å²) in [5.41, 5.74) is 11.9. The maximum atomic E-state index is 6.23. The van der Waals surface area contributed by atoms with E-state index in [0.29, 0.717) is 0 Å². The Hall–Kier alpha value is -3.32. The van der Waals surface area contributed by atoms with E-state index in [4.69, 9.17) is 4.42 Å². The van der Waals surface area contributed by atoms with Gasteiger partial charge in [-0.05, 0) is 85.3 Å². The van der Waals surface area contributed by atoms with Gasteiger partial charge in [-0.15, -0.1) is 0 Å². The topological polar surface area (TPSA) is 13.1 Å². The van der Waals surface area contributed by atoms with Crippen molar-refractivity contribution >= 4 is 21.9 Å². The van der Waals surface area contributed by atoms with Gasteiger partial charge in [0.05, 0.1) is 0 Å². The van der Waals surface area contributed by atoms with Crippen LogP contribution in [0.3, 0.4) is 0 Å². The molecule has 5 aromatic rings. The molecule has 1 nitrogen and oxygen atoms in total. The van der Waals surface area contributed by atoms with Crippen molar-refractivity contribution < 1.29 is 4.42 Å². The third-order valence-corrected chi connectivity index (χ3v) is 5.89. The zero-order chi connectivity index (χ0) is 20.1. The summed E-state index contributed by atoms with van der Waals surface area (Å²) in [5, 5.41) is 2.35. The molecule has 29 heavy (non-hydrogen) atoms. The highest BCUT2D eigenvalue weighted by molar-refractivity contribution is 6.08. The Labute approximate surface area is 171 Å². The standard InChI is InChI=1S/C28H24O/c1-17-5-9-21(10-6-17)23-15-25-26-16-24(22-11-7-18(2)8-12-22)20(4)14-28(26)29-27(25)13-19(23)3/h5-16H,1-4H3. The highest BCUT2D eigenvalue weighted by Crippen LogP contribution is 2.38. The lowest BCUT2D eigenvalue weighted by Gasteiger charge is -2.08. The second-order valence-electron chi connectivity index (χ2n) is 8.16. The zero-order valence-corrected chi connectivity index (χ0v) is 17.3. The smallest absolute Gasteiger partial charge is 0.135 e. The summed E-state index contributed by atoms with van der Waals surface area (Å²) in [7, 11) is 0. The van der Waals surface area contributed by atoms with E-state index in [-0.39, 0.29) is 0 Å². The first-order valence-electron chi connectivity index (χ1n) is 10.1. The fraction of sp³-hybridized carbons (Fsp3) is 0.143. The van der Waals surface area contributed by atoms with Crippen LogP contribution in [0.2, 0.25) is 0 Å². The number of benzene rings is 4. The fourth-order valence-corrected chi connectivity index (χ4v) is 4.16. The van der Waals surface area contributed by atoms with Crippen molar-refractivity contribution in [2.75, 3.05) is 0 Å². The van der Waals surface area contributed by atoms with Gasteiger partial charge in [-0.3, -0.25) is 0 Å². The van der Waals surface area contributed by atoms with Gasteiger partial charge in [0.25, 0.3) is 0 Å². The molecule has 5 rings (SSSR count). The number of hydrogen-bond acceptors (Lipinski definition) is 1. The molecule has 0 saturated carbocycles. The Bertz CT molecular complexity index is 1240. The lowest BCUT2D eigenvalue weighted by molar-refractivity contribution is 0.668. The van der Waals surface area contributed by atoms with Gasteiger partial charge in [0, 0.05) is 10.8 Å². The molecule has 142 valence electrons. The van der Waals surface area contributed by atoms with Crippen molar-refractivity contribution in [3.05, 3.63) is 95.1 Å². The van der Waals surface area contributed by atoms with Gasteiger partial charge < -0.3 is 4.42 Å². The Kier molecular flexibility index (Phi) is 4.06. The van der Waals surface area contributed by atoms with Crippen molar-refractivity contribution in [3.63, 3.8) is 0 Å². The van der Waals surface area contributed by atoms with Gasteiger partial charge in [0.2, 0.25) is 0 Å². The predicted octanol–water partition coefficient (Wildman–Crippen LogP) is 8.15. The highest BCUT2D eigenvalue weighted by atomic mass is 16.3. The summed E-state index contributed by atoms with van der Waals surface area (Å²) in [6.45, 7) is 8.56. The first kappa shape index (κ1) is 17.8. The molecular formula is C28H24O. The second kappa shape index (κ2) is 6.63. The Morgan fingerprint density at radius 3 is 1.24 bits per heavy atom. The van der Waals surface area contributed by atoms with E-state index in [2.05, 4.69) is 100 Å². The van der Waals surface area contributed by atoms with Crippen LogP contribution in [-0.4, -0.2) is 0 Å². The van der Waals surface area contributed by atoms with Crippen molar-refractivity contribution in [3.8, 4) is 22.3 Å². The van der Waals surface area contributed by atoms with Crippen molar-refractivity contribution in [2.24, 2.45) is 0 Å². The zero-order valence-electron chi connectivity index (χ0n) is 17.3. The molecule has 0 unspecified atom stereocenters. The average Bonchev–Trinajstić information content (AvgIpc) is 3.04. The number of rotatable bonds is 2. The normalized spacial score (nSPS) is 11.4. The maximum Gasteiger partial charge on any atom is 0.135 e. The number of furan rings is 1. The van der Waals surface area contributed by atoms with Crippen LogP contribution in [0.5, 0.6) is 0 Å². The van der Waals surface area contributed by atoms with Crippen LogP contribution in [0.25, 0.3) is 44.2 Å². The average molecular weight is 376 g/mol. The molecule has 0 bridgehead atoms. The monoisotopic (exact) mass is 376 g/mol. The SMILES string of the molecule is Cc1ccc(-c2cc3c(cc2C)oc2cc(C)c(-c4ccc(C)cc4)cc23)cc1. The van der Waals surface area contributed by atoms with E-state index in [0.717, 1.165) is 11.2 Å². The largest absolute Gasteiger partial charge is 0.456 e. The Morgan fingerprint density at radius 2 is 0.862 bits per heavy atom. The van der Waals surface area contributed by atoms with Crippen LogP contribution in [0.1, 0.15) is 22.3 Å². The second-order valence-corrected chi connectivity index (χ2v) is 8.16. The quantitative estimate of drug-likeness (QED) is 0.303. The third-order valence-electron chi connectivity index (χ3n) is 5.89. The van der Waals surface area contributed by atoms with E-state index >= 15 is 0 Å². The van der Waals surface area contributed by atoms with Gasteiger partial charge in [0.1, 0.15) is 11.2 Å². The summed E-state index contributed by atoms with van der Waals surface area (Å²) >= 11 is 0. The maximum absolute atomic E-state index is 6.23. The summed E-state index contributed by atoms with van der Waals surface area (Å²) in [5.74, 6) is 0. The fourth-order valence-electron chi connectivity index (χ4n) is 4.16. The van der Waals surface area contributed by atoms with Gasteiger partial charge in [-0.1, -0.05) is 59.7 Å². The van der Waals surface area contributed by atoms with Crippen LogP contribution < -0.4 is 0 Å². The van der Waals surface area contributed by atoms with Crippen molar-refractivity contribution in [2.45, 2.75) is 27.7 Å². The third kappa shape index (κ3) is 3.03. The molecule has 4 aromatic carbocycles. The summed E-state index contributed by atoms with van der Waals surface area (Å²) in [4.78, 5) is 0. The molecule has 0 N–H and O–H groups in total. The first-order chi connectivity index (χ1) is 14.0. The minimum absolute atomic E-state index is 0.953. The predicted molar refractivity (Wildman–Crippen MR) is 124 cm³/mol. The minimum Gasteiger partial charge on any atom is -0.456 e. The molecule has 0 fully saturated rings. The molecule has 0 aliphatic heterocycles. The molecule has 0 amide bonds. The molecule has 0 aliphatic rings. The van der Waals surface area contributed by atoms with E-state index in [1.165, 1.54) is 55.3 Å². The highest BCUT2D eigenvalue weighted by Gasteiger charge is 2.14. The van der Waals surface area contributed by atoms with E-state index in [1.807, 2.05) is 0 Å². The molecule has 0 radical (unpaired) electrons. The lowest BCUT2D eigenvalue weighted by atomic mass is 9.95. The summed E-state index contributed by atoms with van der Waals surface area (Å²) < 4.78 is 6.23. The van der Waals surface area contributed by atoms with E-state index in [9.17, 15) is 0 Å². The molecule has 0 atom stereocenters. The molecule has 0 spiro atoms. The van der Waals surface area contributed by atoms with Crippen molar-refractivity contribution in [1.29, 1.82) is 0 Å². The Balaban J connectivity index is 1.75. The number of aryl methyl sites for hydroxylation is 4. The van der Waals surface area contributed by atoms with Crippen LogP contribution in [0, 0.1) is 27.7 Å². The molecule has 1 heteroatoms. The minimum atomic E-state index is 0.953. The van der Waals surface area contributed by atoms with Crippen LogP contribution in [0.4, 0.5) is 0 Å². The molecular weight excluding hydrogens is 352 g/mol. The number of hydrogen-bond donors (Lipinski definition) is 0.